The molecule has 0 aliphatic rings. The largest absolute Gasteiger partial charge is 0.482 e. The van der Waals surface area contributed by atoms with Crippen LogP contribution in [-0.4, -0.2) is 25.2 Å². The van der Waals surface area contributed by atoms with Crippen molar-refractivity contribution in [3.63, 3.8) is 0 Å². The van der Waals surface area contributed by atoms with Gasteiger partial charge in [-0.15, -0.1) is 0 Å². The zero-order valence-electron chi connectivity index (χ0n) is 14.8. The van der Waals surface area contributed by atoms with E-state index in [1.807, 2.05) is 24.3 Å². The van der Waals surface area contributed by atoms with Crippen LogP contribution < -0.4 is 9.47 Å². The van der Waals surface area contributed by atoms with Crippen LogP contribution in [0.4, 0.5) is 0 Å². The number of carbonyl (C=O) groups excluding carboxylic acids is 2. The second-order valence-electron chi connectivity index (χ2n) is 5.52. The molecular formula is C20H21BrO5. The molecule has 0 fully saturated rings. The molecule has 0 saturated heterocycles. The topological polar surface area (TPSA) is 61.8 Å². The summed E-state index contributed by atoms with van der Waals surface area (Å²) in [7, 11) is 0. The number of benzene rings is 2. The molecule has 2 rings (SSSR count). The minimum Gasteiger partial charge on any atom is -0.482 e. The quantitative estimate of drug-likeness (QED) is 0.462. The minimum absolute atomic E-state index is 0.129. The number of hydrogen-bond donors (Lipinski definition) is 0. The van der Waals surface area contributed by atoms with Crippen molar-refractivity contribution in [2.75, 3.05) is 13.2 Å². The van der Waals surface area contributed by atoms with Crippen molar-refractivity contribution in [3.05, 3.63) is 58.1 Å². The highest BCUT2D eigenvalue weighted by Crippen LogP contribution is 2.25. The number of esters is 2. The van der Waals surface area contributed by atoms with Gasteiger partial charge < -0.3 is 14.2 Å². The predicted octanol–water partition coefficient (Wildman–Crippen LogP) is 4.56. The van der Waals surface area contributed by atoms with Crippen molar-refractivity contribution in [1.29, 1.82) is 0 Å². The maximum atomic E-state index is 12.1. The van der Waals surface area contributed by atoms with E-state index >= 15 is 0 Å². The molecule has 138 valence electrons. The van der Waals surface area contributed by atoms with Crippen molar-refractivity contribution in [1.82, 2.24) is 0 Å². The molecule has 6 heteroatoms. The Balaban J connectivity index is 1.98. The van der Waals surface area contributed by atoms with Crippen molar-refractivity contribution < 1.29 is 23.8 Å². The number of ether oxygens (including phenoxy) is 3. The van der Waals surface area contributed by atoms with Gasteiger partial charge in [-0.05, 0) is 49.2 Å². The van der Waals surface area contributed by atoms with E-state index in [0.717, 1.165) is 12.8 Å². The predicted molar refractivity (Wildman–Crippen MR) is 102 cm³/mol. The van der Waals surface area contributed by atoms with Crippen molar-refractivity contribution >= 4 is 27.9 Å². The molecule has 0 heterocycles. The van der Waals surface area contributed by atoms with Gasteiger partial charge in [0.15, 0.2) is 6.61 Å². The van der Waals surface area contributed by atoms with Gasteiger partial charge in [-0.1, -0.05) is 41.4 Å². The van der Waals surface area contributed by atoms with Gasteiger partial charge >= 0.3 is 11.9 Å². The first-order chi connectivity index (χ1) is 12.5. The maximum absolute atomic E-state index is 12.1. The molecule has 0 saturated carbocycles. The lowest BCUT2D eigenvalue weighted by atomic mass is 10.1. The monoisotopic (exact) mass is 420 g/mol. The third-order valence-electron chi connectivity index (χ3n) is 3.48. The summed E-state index contributed by atoms with van der Waals surface area (Å²) in [6, 6.07) is 12.3. The minimum atomic E-state index is -0.605. The van der Waals surface area contributed by atoms with Gasteiger partial charge in [0.25, 0.3) is 0 Å². The summed E-state index contributed by atoms with van der Waals surface area (Å²) < 4.78 is 16.4. The Labute approximate surface area is 161 Å². The Kier molecular flexibility index (Phi) is 7.66. The number of hydrogen-bond acceptors (Lipinski definition) is 5. The third kappa shape index (κ3) is 5.88. The zero-order chi connectivity index (χ0) is 18.9. The summed E-state index contributed by atoms with van der Waals surface area (Å²) in [5.41, 5.74) is 1.41. The average Bonchev–Trinajstić information content (AvgIpc) is 2.62. The first-order valence-electron chi connectivity index (χ1n) is 8.42. The fourth-order valence-electron chi connectivity index (χ4n) is 2.29. The average molecular weight is 421 g/mol. The Morgan fingerprint density at radius 3 is 2.42 bits per heavy atom. The number of rotatable bonds is 8. The summed E-state index contributed by atoms with van der Waals surface area (Å²) in [5, 5.41) is 0. The Hall–Kier alpha value is -2.34. The molecule has 0 radical (unpaired) electrons. The first-order valence-corrected chi connectivity index (χ1v) is 9.21. The summed E-state index contributed by atoms with van der Waals surface area (Å²) in [6.45, 7) is 3.80. The molecule has 0 aliphatic heterocycles. The first kappa shape index (κ1) is 20.0. The van der Waals surface area contributed by atoms with Crippen molar-refractivity contribution in [2.24, 2.45) is 0 Å². The Morgan fingerprint density at radius 2 is 1.77 bits per heavy atom. The molecule has 0 spiro atoms. The highest BCUT2D eigenvalue weighted by molar-refractivity contribution is 9.10. The molecule has 2 aromatic carbocycles. The van der Waals surface area contributed by atoms with Crippen LogP contribution in [0.15, 0.2) is 46.9 Å². The van der Waals surface area contributed by atoms with Crippen LogP contribution in [0.2, 0.25) is 0 Å². The molecule has 0 amide bonds. The second-order valence-corrected chi connectivity index (χ2v) is 6.43. The van der Waals surface area contributed by atoms with Crippen LogP contribution in [0, 0.1) is 0 Å². The lowest BCUT2D eigenvalue weighted by Crippen LogP contribution is -2.19. The molecule has 0 aliphatic carbocycles. The van der Waals surface area contributed by atoms with Crippen LogP contribution in [-0.2, 0) is 16.0 Å². The van der Waals surface area contributed by atoms with Crippen LogP contribution in [0.25, 0.3) is 0 Å². The van der Waals surface area contributed by atoms with Gasteiger partial charge in [-0.3, -0.25) is 0 Å². The smallest absolute Gasteiger partial charge is 0.349 e. The van der Waals surface area contributed by atoms with E-state index in [4.69, 9.17) is 14.2 Å². The van der Waals surface area contributed by atoms with E-state index in [0.29, 0.717) is 10.2 Å². The van der Waals surface area contributed by atoms with Gasteiger partial charge in [0.2, 0.25) is 0 Å². The van der Waals surface area contributed by atoms with Crippen molar-refractivity contribution in [2.45, 2.75) is 26.7 Å². The fraction of sp³-hybridized carbons (Fsp3) is 0.300. The van der Waals surface area contributed by atoms with Crippen molar-refractivity contribution in [3.8, 4) is 11.5 Å². The molecule has 2 aromatic rings. The summed E-state index contributed by atoms with van der Waals surface area (Å²) >= 11 is 3.29. The van der Waals surface area contributed by atoms with Crippen LogP contribution in [0.3, 0.4) is 0 Å². The highest BCUT2D eigenvalue weighted by atomic mass is 79.9. The van der Waals surface area contributed by atoms with Crippen LogP contribution in [0.1, 0.15) is 36.2 Å². The van der Waals surface area contributed by atoms with Gasteiger partial charge in [-0.25, -0.2) is 9.59 Å². The van der Waals surface area contributed by atoms with Gasteiger partial charge in [0.05, 0.1) is 6.61 Å². The maximum Gasteiger partial charge on any atom is 0.349 e. The normalized spacial score (nSPS) is 10.3. The summed E-state index contributed by atoms with van der Waals surface area (Å²) in [5.74, 6) is -0.437. The number of carbonyl (C=O) groups is 2. The van der Waals surface area contributed by atoms with Gasteiger partial charge in [-0.2, -0.15) is 0 Å². The fourth-order valence-corrected chi connectivity index (χ4v) is 2.63. The van der Waals surface area contributed by atoms with E-state index in [1.54, 1.807) is 19.1 Å². The van der Waals surface area contributed by atoms with Gasteiger partial charge in [0.1, 0.15) is 17.1 Å². The SMILES string of the molecule is CCCc1ccc(OCC(=O)Oc2cc(Br)ccc2C(=O)OCC)cc1. The van der Waals surface area contributed by atoms with E-state index < -0.39 is 11.9 Å². The summed E-state index contributed by atoms with van der Waals surface area (Å²) in [6.07, 6.45) is 2.07. The van der Waals surface area contributed by atoms with Crippen LogP contribution in [0.5, 0.6) is 11.5 Å². The van der Waals surface area contributed by atoms with E-state index in [2.05, 4.69) is 22.9 Å². The second kappa shape index (κ2) is 9.97. The van der Waals surface area contributed by atoms with Gasteiger partial charge in [0, 0.05) is 4.47 Å². The molecule has 5 nitrogen and oxygen atoms in total. The molecule has 0 aromatic heterocycles. The van der Waals surface area contributed by atoms with E-state index in [1.165, 1.54) is 11.6 Å². The lowest BCUT2D eigenvalue weighted by Gasteiger charge is -2.11. The number of halogens is 1. The molecule has 26 heavy (non-hydrogen) atoms. The Morgan fingerprint density at radius 1 is 1.04 bits per heavy atom. The molecule has 0 N–H and O–H groups in total. The van der Waals surface area contributed by atoms with E-state index in [9.17, 15) is 9.59 Å². The molecule has 0 atom stereocenters. The standard InChI is InChI=1S/C20H21BrO5/c1-3-5-14-6-9-16(10-7-14)25-13-19(22)26-18-12-15(21)8-11-17(18)20(23)24-4-2/h6-12H,3-5,13H2,1-2H3. The molecular weight excluding hydrogens is 400 g/mol. The lowest BCUT2D eigenvalue weighted by molar-refractivity contribution is -0.136. The number of aryl methyl sites for hydroxylation is 1. The Bertz CT molecular complexity index is 755. The third-order valence-corrected chi connectivity index (χ3v) is 3.97. The summed E-state index contributed by atoms with van der Waals surface area (Å²) in [4.78, 5) is 24.0. The zero-order valence-corrected chi connectivity index (χ0v) is 16.4. The van der Waals surface area contributed by atoms with Crippen LogP contribution >= 0.6 is 15.9 Å². The molecule has 0 bridgehead atoms. The highest BCUT2D eigenvalue weighted by Gasteiger charge is 2.17. The van der Waals surface area contributed by atoms with E-state index in [-0.39, 0.29) is 24.5 Å². The molecule has 0 unspecified atom stereocenters.